The van der Waals surface area contributed by atoms with Gasteiger partial charge in [0, 0.05) is 38.0 Å². The van der Waals surface area contributed by atoms with E-state index in [4.69, 9.17) is 14.1 Å². The molecule has 0 amide bonds. The van der Waals surface area contributed by atoms with Crippen molar-refractivity contribution in [2.24, 2.45) is 4.99 Å². The number of hydrogen-bond acceptors (Lipinski definition) is 4. The highest BCUT2D eigenvalue weighted by molar-refractivity contribution is 14.0. The molecule has 1 saturated heterocycles. The SMILES string of the molecule is CN(CCc1cccs1)C(=NCC1CCCO1)NCCc1ccco1.I. The summed E-state index contributed by atoms with van der Waals surface area (Å²) in [6, 6.07) is 8.22. The molecule has 7 heteroatoms. The molecule has 0 radical (unpaired) electrons. The predicted octanol–water partition coefficient (Wildman–Crippen LogP) is 3.80. The molecule has 1 fully saturated rings. The largest absolute Gasteiger partial charge is 0.469 e. The predicted molar refractivity (Wildman–Crippen MR) is 118 cm³/mol. The van der Waals surface area contributed by atoms with Crippen LogP contribution in [0.15, 0.2) is 45.3 Å². The Morgan fingerprint density at radius 3 is 2.96 bits per heavy atom. The van der Waals surface area contributed by atoms with Gasteiger partial charge in [-0.1, -0.05) is 6.07 Å². The van der Waals surface area contributed by atoms with Crippen molar-refractivity contribution in [2.75, 3.05) is 33.3 Å². The van der Waals surface area contributed by atoms with E-state index in [0.29, 0.717) is 0 Å². The summed E-state index contributed by atoms with van der Waals surface area (Å²) in [7, 11) is 2.10. The highest BCUT2D eigenvalue weighted by Gasteiger charge is 2.16. The average Bonchev–Trinajstić information content (AvgIpc) is 3.39. The van der Waals surface area contributed by atoms with Gasteiger partial charge in [0.15, 0.2) is 5.96 Å². The van der Waals surface area contributed by atoms with Crippen molar-refractivity contribution in [1.82, 2.24) is 10.2 Å². The summed E-state index contributed by atoms with van der Waals surface area (Å²) in [5, 5.41) is 5.60. The maximum absolute atomic E-state index is 5.70. The van der Waals surface area contributed by atoms with Crippen molar-refractivity contribution >= 4 is 41.3 Å². The summed E-state index contributed by atoms with van der Waals surface area (Å²) < 4.78 is 11.1. The number of nitrogens with one attached hydrogen (secondary N) is 1. The number of aliphatic imine (C=N–C) groups is 1. The summed E-state index contributed by atoms with van der Waals surface area (Å²) in [6.07, 6.45) is 6.14. The minimum absolute atomic E-state index is 0. The van der Waals surface area contributed by atoms with Gasteiger partial charge in [-0.3, -0.25) is 4.99 Å². The van der Waals surface area contributed by atoms with Gasteiger partial charge in [-0.25, -0.2) is 0 Å². The maximum atomic E-state index is 5.70. The molecule has 1 unspecified atom stereocenters. The molecule has 0 saturated carbocycles. The lowest BCUT2D eigenvalue weighted by Gasteiger charge is -2.23. The molecule has 1 aliphatic heterocycles. The van der Waals surface area contributed by atoms with Crippen LogP contribution >= 0.6 is 35.3 Å². The van der Waals surface area contributed by atoms with Crippen LogP contribution in [0.4, 0.5) is 0 Å². The van der Waals surface area contributed by atoms with Crippen molar-refractivity contribution in [3.05, 3.63) is 46.5 Å². The maximum Gasteiger partial charge on any atom is 0.193 e. The van der Waals surface area contributed by atoms with E-state index < -0.39 is 0 Å². The Balaban J connectivity index is 0.00000243. The van der Waals surface area contributed by atoms with Gasteiger partial charge in [-0.15, -0.1) is 35.3 Å². The number of likely N-dealkylation sites (N-methyl/N-ethyl adjacent to an activating group) is 1. The first-order chi connectivity index (χ1) is 12.3. The van der Waals surface area contributed by atoms with E-state index in [2.05, 4.69) is 34.8 Å². The summed E-state index contributed by atoms with van der Waals surface area (Å²) >= 11 is 1.81. The molecule has 0 spiro atoms. The van der Waals surface area contributed by atoms with E-state index in [1.807, 2.05) is 23.5 Å². The second-order valence-corrected chi connectivity index (χ2v) is 7.34. The van der Waals surface area contributed by atoms with Crippen LogP contribution in [0.5, 0.6) is 0 Å². The molecule has 1 N–H and O–H groups in total. The molecule has 0 aliphatic carbocycles. The van der Waals surface area contributed by atoms with Crippen LogP contribution in [0.2, 0.25) is 0 Å². The van der Waals surface area contributed by atoms with Crippen molar-refractivity contribution in [3.8, 4) is 0 Å². The van der Waals surface area contributed by atoms with Crippen LogP contribution in [0.3, 0.4) is 0 Å². The normalized spacial score (nSPS) is 17.1. The molecule has 144 valence electrons. The number of hydrogen-bond donors (Lipinski definition) is 1. The van der Waals surface area contributed by atoms with Crippen LogP contribution in [-0.4, -0.2) is 50.3 Å². The van der Waals surface area contributed by atoms with Gasteiger partial charge < -0.3 is 19.4 Å². The molecule has 26 heavy (non-hydrogen) atoms. The Labute approximate surface area is 176 Å². The monoisotopic (exact) mass is 489 g/mol. The molecule has 3 heterocycles. The third-order valence-corrected chi connectivity index (χ3v) is 5.27. The number of rotatable bonds is 8. The number of nitrogens with zero attached hydrogens (tertiary/aromatic N) is 2. The fourth-order valence-electron chi connectivity index (χ4n) is 2.88. The minimum atomic E-state index is 0. The van der Waals surface area contributed by atoms with Crippen LogP contribution in [-0.2, 0) is 17.6 Å². The van der Waals surface area contributed by atoms with Crippen LogP contribution in [0.1, 0.15) is 23.5 Å². The third-order valence-electron chi connectivity index (χ3n) is 4.34. The molecule has 0 bridgehead atoms. The first-order valence-electron chi connectivity index (χ1n) is 8.97. The van der Waals surface area contributed by atoms with E-state index in [1.165, 1.54) is 4.88 Å². The third kappa shape index (κ3) is 6.92. The zero-order chi connectivity index (χ0) is 17.3. The quantitative estimate of drug-likeness (QED) is 0.348. The van der Waals surface area contributed by atoms with Crippen LogP contribution < -0.4 is 5.32 Å². The average molecular weight is 489 g/mol. The zero-order valence-electron chi connectivity index (χ0n) is 15.2. The summed E-state index contributed by atoms with van der Waals surface area (Å²) in [4.78, 5) is 8.41. The van der Waals surface area contributed by atoms with Gasteiger partial charge in [0.05, 0.1) is 18.9 Å². The summed E-state index contributed by atoms with van der Waals surface area (Å²) in [5.74, 6) is 1.94. The molecule has 5 nitrogen and oxygen atoms in total. The van der Waals surface area contributed by atoms with Gasteiger partial charge >= 0.3 is 0 Å². The molecule has 3 rings (SSSR count). The van der Waals surface area contributed by atoms with E-state index in [1.54, 1.807) is 6.26 Å². The highest BCUT2D eigenvalue weighted by atomic mass is 127. The second kappa shape index (κ2) is 11.6. The van der Waals surface area contributed by atoms with E-state index in [9.17, 15) is 0 Å². The number of thiophene rings is 1. The Morgan fingerprint density at radius 1 is 1.35 bits per heavy atom. The van der Waals surface area contributed by atoms with E-state index in [0.717, 1.165) is 63.6 Å². The fourth-order valence-corrected chi connectivity index (χ4v) is 3.58. The first kappa shape index (κ1) is 21.2. The number of furan rings is 1. The number of guanidine groups is 1. The lowest BCUT2D eigenvalue weighted by Crippen LogP contribution is -2.41. The summed E-state index contributed by atoms with van der Waals surface area (Å²) in [6.45, 7) is 3.35. The van der Waals surface area contributed by atoms with Crippen LogP contribution in [0, 0.1) is 0 Å². The van der Waals surface area contributed by atoms with Crippen molar-refractivity contribution in [3.63, 3.8) is 0 Å². The van der Waals surface area contributed by atoms with Crippen molar-refractivity contribution in [2.45, 2.75) is 31.8 Å². The second-order valence-electron chi connectivity index (χ2n) is 6.31. The zero-order valence-corrected chi connectivity index (χ0v) is 18.4. The molecular formula is C19H28IN3O2S. The highest BCUT2D eigenvalue weighted by Crippen LogP contribution is 2.12. The van der Waals surface area contributed by atoms with Crippen molar-refractivity contribution in [1.29, 1.82) is 0 Å². The van der Waals surface area contributed by atoms with Gasteiger partial charge in [0.25, 0.3) is 0 Å². The Hall–Kier alpha value is -1.06. The Bertz CT molecular complexity index is 625. The fraction of sp³-hybridized carbons (Fsp3) is 0.526. The molecule has 2 aromatic rings. The van der Waals surface area contributed by atoms with Gasteiger partial charge in [-0.05, 0) is 42.8 Å². The Kier molecular flexibility index (Phi) is 9.49. The molecule has 1 atom stereocenters. The first-order valence-corrected chi connectivity index (χ1v) is 9.85. The molecule has 2 aromatic heterocycles. The van der Waals surface area contributed by atoms with E-state index in [-0.39, 0.29) is 30.1 Å². The topological polar surface area (TPSA) is 50.0 Å². The lowest BCUT2D eigenvalue weighted by molar-refractivity contribution is 0.117. The standard InChI is InChI=1S/C19H27N3O2S.HI/c1-22(11-9-18-7-4-14-25-18)19(21-15-17-6-3-13-24-17)20-10-8-16-5-2-12-23-16;/h2,4-5,7,12,14,17H,3,6,8-11,13,15H2,1H3,(H,20,21);1H. The molecule has 1 aliphatic rings. The minimum Gasteiger partial charge on any atom is -0.469 e. The van der Waals surface area contributed by atoms with Crippen molar-refractivity contribution < 1.29 is 9.15 Å². The van der Waals surface area contributed by atoms with Gasteiger partial charge in [0.1, 0.15) is 5.76 Å². The Morgan fingerprint density at radius 2 is 2.27 bits per heavy atom. The summed E-state index contributed by atoms with van der Waals surface area (Å²) in [5.41, 5.74) is 0. The van der Waals surface area contributed by atoms with E-state index >= 15 is 0 Å². The number of ether oxygens (including phenoxy) is 1. The number of halogens is 1. The molecule has 0 aromatic carbocycles. The van der Waals surface area contributed by atoms with Gasteiger partial charge in [0.2, 0.25) is 0 Å². The molecular weight excluding hydrogens is 461 g/mol. The van der Waals surface area contributed by atoms with Crippen LogP contribution in [0.25, 0.3) is 0 Å². The smallest absolute Gasteiger partial charge is 0.193 e. The van der Waals surface area contributed by atoms with Gasteiger partial charge in [-0.2, -0.15) is 0 Å². The lowest BCUT2D eigenvalue weighted by atomic mass is 10.2.